The molecule has 3 aromatic rings. The molecule has 3 aromatic carbocycles. The second-order valence-electron chi connectivity index (χ2n) is 7.98. The van der Waals surface area contributed by atoms with Gasteiger partial charge >= 0.3 is 12.0 Å². The van der Waals surface area contributed by atoms with Crippen LogP contribution in [0.5, 0.6) is 17.2 Å². The van der Waals surface area contributed by atoms with E-state index < -0.39 is 23.8 Å². The van der Waals surface area contributed by atoms with E-state index in [1.165, 1.54) is 30.3 Å². The molecule has 0 aromatic heterocycles. The molecule has 0 aliphatic carbocycles. The summed E-state index contributed by atoms with van der Waals surface area (Å²) >= 11 is 2.07. The monoisotopic (exact) mass is 612 g/mol. The van der Waals surface area contributed by atoms with Crippen molar-refractivity contribution < 1.29 is 38.5 Å². The van der Waals surface area contributed by atoms with Crippen molar-refractivity contribution in [2.75, 3.05) is 11.7 Å². The number of amides is 4. The molecule has 10 nitrogen and oxygen atoms in total. The maximum absolute atomic E-state index is 13.2. The number of nitrogens with zero attached hydrogens (tertiary/aromatic N) is 1. The summed E-state index contributed by atoms with van der Waals surface area (Å²) in [5, 5.41) is 11.2. The SMILES string of the molecule is O=C1NC(=O)N(c2ccc3c(c2)OCO3)C(=O)/C1=C/c1ccc(OCc2ccc(C(=O)O)cc2)c(I)c1. The number of carboxylic acids is 1. The molecule has 2 aliphatic heterocycles. The van der Waals surface area contributed by atoms with Crippen molar-refractivity contribution in [3.63, 3.8) is 0 Å². The van der Waals surface area contributed by atoms with Crippen molar-refractivity contribution in [1.29, 1.82) is 0 Å². The van der Waals surface area contributed by atoms with E-state index in [9.17, 15) is 19.2 Å². The van der Waals surface area contributed by atoms with Crippen molar-refractivity contribution in [3.05, 3.63) is 86.5 Å². The van der Waals surface area contributed by atoms with Crippen molar-refractivity contribution >= 4 is 58.2 Å². The number of urea groups is 1. The molecular weight excluding hydrogens is 595 g/mol. The molecule has 2 heterocycles. The molecule has 0 atom stereocenters. The van der Waals surface area contributed by atoms with E-state index in [-0.39, 0.29) is 30.2 Å². The molecule has 0 saturated carbocycles. The van der Waals surface area contributed by atoms with Crippen LogP contribution in [0.15, 0.2) is 66.2 Å². The topological polar surface area (TPSA) is 131 Å². The number of fused-ring (bicyclic) bond motifs is 1. The molecule has 4 amide bonds. The predicted molar refractivity (Wildman–Crippen MR) is 138 cm³/mol. The second-order valence-corrected chi connectivity index (χ2v) is 9.14. The third-order valence-electron chi connectivity index (χ3n) is 5.58. The fourth-order valence-corrected chi connectivity index (χ4v) is 4.41. The third-order valence-corrected chi connectivity index (χ3v) is 6.42. The van der Waals surface area contributed by atoms with Crippen molar-refractivity contribution in [3.8, 4) is 17.2 Å². The molecule has 5 rings (SSSR count). The number of nitrogens with one attached hydrogen (secondary N) is 1. The van der Waals surface area contributed by atoms with Crippen molar-refractivity contribution in [2.45, 2.75) is 6.61 Å². The Kier molecular flexibility index (Phi) is 6.53. The summed E-state index contributed by atoms with van der Waals surface area (Å²) < 4.78 is 17.1. The van der Waals surface area contributed by atoms with Crippen molar-refractivity contribution in [2.24, 2.45) is 0 Å². The molecule has 186 valence electrons. The highest BCUT2D eigenvalue weighted by Gasteiger charge is 2.37. The van der Waals surface area contributed by atoms with E-state index >= 15 is 0 Å². The van der Waals surface area contributed by atoms with Gasteiger partial charge in [-0.25, -0.2) is 14.5 Å². The smallest absolute Gasteiger partial charge is 0.335 e. The highest BCUT2D eigenvalue weighted by molar-refractivity contribution is 14.1. The number of benzene rings is 3. The van der Waals surface area contributed by atoms with Gasteiger partial charge in [0.05, 0.1) is 14.8 Å². The van der Waals surface area contributed by atoms with Crippen LogP contribution in [0, 0.1) is 3.57 Å². The summed E-state index contributed by atoms with van der Waals surface area (Å²) in [5.74, 6) is -1.11. The Morgan fingerprint density at radius 1 is 1.03 bits per heavy atom. The van der Waals surface area contributed by atoms with Gasteiger partial charge < -0.3 is 19.3 Å². The minimum atomic E-state index is -1.000. The lowest BCUT2D eigenvalue weighted by molar-refractivity contribution is -0.122. The first kappa shape index (κ1) is 24.3. The summed E-state index contributed by atoms with van der Waals surface area (Å²) in [4.78, 5) is 50.0. The number of aromatic carboxylic acids is 1. The van der Waals surface area contributed by atoms with E-state index in [1.54, 1.807) is 36.4 Å². The Hall–Kier alpha value is -4.39. The van der Waals surface area contributed by atoms with Crippen LogP contribution in [0.1, 0.15) is 21.5 Å². The number of halogens is 1. The first-order chi connectivity index (χ1) is 17.8. The maximum Gasteiger partial charge on any atom is 0.335 e. The first-order valence-corrected chi connectivity index (χ1v) is 11.9. The standard InChI is InChI=1S/C26H17IN2O8/c27-19-10-15(3-7-20(19)35-12-14-1-4-16(5-2-14)25(32)33)9-18-23(30)28-26(34)29(24(18)31)17-6-8-21-22(11-17)37-13-36-21/h1-11H,12-13H2,(H,32,33)(H,28,30,34)/b18-9+. The van der Waals surface area contributed by atoms with Crippen LogP contribution in [0.4, 0.5) is 10.5 Å². The second kappa shape index (κ2) is 9.93. The van der Waals surface area contributed by atoms with Crippen LogP contribution in [-0.2, 0) is 16.2 Å². The Balaban J connectivity index is 1.34. The van der Waals surface area contributed by atoms with Gasteiger partial charge in [0.25, 0.3) is 11.8 Å². The Bertz CT molecular complexity index is 1480. The highest BCUT2D eigenvalue weighted by Crippen LogP contribution is 2.36. The largest absolute Gasteiger partial charge is 0.488 e. The lowest BCUT2D eigenvalue weighted by Crippen LogP contribution is -2.54. The molecule has 11 heteroatoms. The molecule has 2 N–H and O–H groups in total. The zero-order valence-corrected chi connectivity index (χ0v) is 21.1. The van der Waals surface area contributed by atoms with Crippen LogP contribution < -0.4 is 24.4 Å². The van der Waals surface area contributed by atoms with Gasteiger partial charge in [-0.3, -0.25) is 14.9 Å². The summed E-state index contributed by atoms with van der Waals surface area (Å²) in [5.41, 5.74) is 1.57. The molecule has 0 spiro atoms. The summed E-state index contributed by atoms with van der Waals surface area (Å²) in [6, 6.07) is 15.2. The van der Waals surface area contributed by atoms with E-state index in [1.807, 2.05) is 0 Å². The summed E-state index contributed by atoms with van der Waals surface area (Å²) in [6.45, 7) is 0.266. The van der Waals surface area contributed by atoms with Crippen LogP contribution in [0.2, 0.25) is 0 Å². The number of hydrogen-bond donors (Lipinski definition) is 2. The van der Waals surface area contributed by atoms with Crippen molar-refractivity contribution in [1.82, 2.24) is 5.32 Å². The average molecular weight is 612 g/mol. The quantitative estimate of drug-likeness (QED) is 0.243. The number of carbonyl (C=O) groups excluding carboxylic acids is 3. The first-order valence-electron chi connectivity index (χ1n) is 10.9. The summed E-state index contributed by atoms with van der Waals surface area (Å²) in [6.07, 6.45) is 1.40. The molecule has 37 heavy (non-hydrogen) atoms. The maximum atomic E-state index is 13.2. The van der Waals surface area contributed by atoms with Gasteiger partial charge in [0, 0.05) is 6.07 Å². The van der Waals surface area contributed by atoms with Gasteiger partial charge in [0.1, 0.15) is 17.9 Å². The normalized spacial score (nSPS) is 15.6. The number of barbiturate groups is 1. The average Bonchev–Trinajstić information content (AvgIpc) is 3.34. The van der Waals surface area contributed by atoms with E-state index in [2.05, 4.69) is 27.9 Å². The van der Waals surface area contributed by atoms with E-state index in [4.69, 9.17) is 19.3 Å². The predicted octanol–water partition coefficient (Wildman–Crippen LogP) is 3.96. The van der Waals surface area contributed by atoms with Gasteiger partial charge in [-0.1, -0.05) is 18.2 Å². The number of anilines is 1. The fraction of sp³-hybridized carbons (Fsp3) is 0.0769. The highest BCUT2D eigenvalue weighted by atomic mass is 127. The lowest BCUT2D eigenvalue weighted by Gasteiger charge is -2.26. The molecule has 0 bridgehead atoms. The Morgan fingerprint density at radius 3 is 2.51 bits per heavy atom. The van der Waals surface area contributed by atoms with E-state index in [0.29, 0.717) is 22.8 Å². The molecule has 0 unspecified atom stereocenters. The molecular formula is C26H17IN2O8. The van der Waals surface area contributed by atoms with Gasteiger partial charge in [0.15, 0.2) is 11.5 Å². The van der Waals surface area contributed by atoms with E-state index in [0.717, 1.165) is 14.0 Å². The fourth-order valence-electron chi connectivity index (χ4n) is 3.71. The molecule has 2 aliphatic rings. The minimum absolute atomic E-state index is 0.0396. The third kappa shape index (κ3) is 4.98. The minimum Gasteiger partial charge on any atom is -0.488 e. The number of ether oxygens (including phenoxy) is 3. The van der Waals surface area contributed by atoms with Gasteiger partial charge in [-0.05, 0) is 76.2 Å². The van der Waals surface area contributed by atoms with Crippen LogP contribution in [-0.4, -0.2) is 35.7 Å². The number of rotatable bonds is 6. The lowest BCUT2D eigenvalue weighted by atomic mass is 10.1. The molecule has 1 saturated heterocycles. The van der Waals surface area contributed by atoms with Crippen LogP contribution >= 0.6 is 22.6 Å². The van der Waals surface area contributed by atoms with Crippen LogP contribution in [0.25, 0.3) is 6.08 Å². The number of imide groups is 2. The summed E-state index contributed by atoms with van der Waals surface area (Å²) in [7, 11) is 0. The Labute approximate surface area is 223 Å². The van der Waals surface area contributed by atoms with Gasteiger partial charge in [-0.15, -0.1) is 0 Å². The number of hydrogen-bond acceptors (Lipinski definition) is 7. The van der Waals surface area contributed by atoms with Gasteiger partial charge in [-0.2, -0.15) is 0 Å². The zero-order chi connectivity index (χ0) is 26.1. The van der Waals surface area contributed by atoms with Gasteiger partial charge in [0.2, 0.25) is 6.79 Å². The Morgan fingerprint density at radius 2 is 1.78 bits per heavy atom. The van der Waals surface area contributed by atoms with Crippen LogP contribution in [0.3, 0.4) is 0 Å². The molecule has 1 fully saturated rings. The number of carboxylic acid groups (broad SMARTS) is 1. The zero-order valence-electron chi connectivity index (χ0n) is 18.9. The molecule has 0 radical (unpaired) electrons. The number of carbonyl (C=O) groups is 4.